The molecule has 0 aliphatic rings. The van der Waals surface area contributed by atoms with Crippen molar-refractivity contribution in [3.05, 3.63) is 23.8 Å². The predicted molar refractivity (Wildman–Crippen MR) is 77.4 cm³/mol. The van der Waals surface area contributed by atoms with E-state index in [1.54, 1.807) is 18.2 Å². The lowest BCUT2D eigenvalue weighted by atomic mass is 9.97. The van der Waals surface area contributed by atoms with E-state index >= 15 is 0 Å². The second-order valence-electron chi connectivity index (χ2n) is 4.72. The van der Waals surface area contributed by atoms with Crippen LogP contribution in [0.1, 0.15) is 37.0 Å². The average molecular weight is 281 g/mol. The molecule has 1 amide bonds. The first-order chi connectivity index (χ1) is 9.47. The highest BCUT2D eigenvalue weighted by Gasteiger charge is 2.23. The third-order valence-corrected chi connectivity index (χ3v) is 3.51. The number of ether oxygens (including phenoxy) is 2. The Labute approximate surface area is 119 Å². The molecule has 0 spiro atoms. The van der Waals surface area contributed by atoms with Crippen LogP contribution in [0.5, 0.6) is 11.5 Å². The Bertz CT molecular complexity index is 433. The van der Waals surface area contributed by atoms with Crippen molar-refractivity contribution in [1.29, 1.82) is 0 Å². The SMILES string of the molecule is CCC(O)(CC)CNC(=O)c1cc(OC)cc(OC)c1. The highest BCUT2D eigenvalue weighted by molar-refractivity contribution is 5.95. The number of hydrogen-bond acceptors (Lipinski definition) is 4. The van der Waals surface area contributed by atoms with Gasteiger partial charge in [0.15, 0.2) is 0 Å². The first kappa shape index (κ1) is 16.3. The van der Waals surface area contributed by atoms with Crippen LogP contribution in [0.3, 0.4) is 0 Å². The van der Waals surface area contributed by atoms with Gasteiger partial charge in [0.1, 0.15) is 11.5 Å². The molecule has 112 valence electrons. The zero-order chi connectivity index (χ0) is 15.2. The van der Waals surface area contributed by atoms with Crippen LogP contribution in [-0.4, -0.2) is 37.4 Å². The van der Waals surface area contributed by atoms with Crippen LogP contribution in [0.4, 0.5) is 0 Å². The van der Waals surface area contributed by atoms with Crippen LogP contribution in [0.2, 0.25) is 0 Å². The van der Waals surface area contributed by atoms with Gasteiger partial charge in [-0.1, -0.05) is 13.8 Å². The molecule has 0 aliphatic carbocycles. The number of nitrogens with one attached hydrogen (secondary N) is 1. The van der Waals surface area contributed by atoms with E-state index in [0.29, 0.717) is 29.9 Å². The van der Waals surface area contributed by atoms with Gasteiger partial charge in [-0.15, -0.1) is 0 Å². The molecule has 20 heavy (non-hydrogen) atoms. The third kappa shape index (κ3) is 4.13. The number of aliphatic hydroxyl groups is 1. The number of methoxy groups -OCH3 is 2. The monoisotopic (exact) mass is 281 g/mol. The minimum Gasteiger partial charge on any atom is -0.497 e. The van der Waals surface area contributed by atoms with Gasteiger partial charge >= 0.3 is 0 Å². The van der Waals surface area contributed by atoms with Gasteiger partial charge in [-0.2, -0.15) is 0 Å². The standard InChI is InChI=1S/C15H23NO4/c1-5-15(18,6-2)10-16-14(17)11-7-12(19-3)9-13(8-11)20-4/h7-9,18H,5-6,10H2,1-4H3,(H,16,17). The van der Waals surface area contributed by atoms with E-state index in [9.17, 15) is 9.90 Å². The molecule has 0 fully saturated rings. The summed E-state index contributed by atoms with van der Waals surface area (Å²) < 4.78 is 10.3. The molecule has 0 bridgehead atoms. The maximum Gasteiger partial charge on any atom is 0.251 e. The van der Waals surface area contributed by atoms with Gasteiger partial charge in [0.25, 0.3) is 5.91 Å². The van der Waals surface area contributed by atoms with Gasteiger partial charge < -0.3 is 19.9 Å². The van der Waals surface area contributed by atoms with E-state index < -0.39 is 5.60 Å². The zero-order valence-electron chi connectivity index (χ0n) is 12.5. The first-order valence-corrected chi connectivity index (χ1v) is 6.71. The molecule has 0 unspecified atom stereocenters. The van der Waals surface area contributed by atoms with Crippen molar-refractivity contribution in [3.8, 4) is 11.5 Å². The topological polar surface area (TPSA) is 67.8 Å². The first-order valence-electron chi connectivity index (χ1n) is 6.71. The van der Waals surface area contributed by atoms with Crippen molar-refractivity contribution < 1.29 is 19.4 Å². The van der Waals surface area contributed by atoms with Crippen LogP contribution in [0.25, 0.3) is 0 Å². The van der Waals surface area contributed by atoms with Gasteiger partial charge in [-0.3, -0.25) is 4.79 Å². The quantitative estimate of drug-likeness (QED) is 0.802. The Morgan fingerprint density at radius 3 is 2.05 bits per heavy atom. The van der Waals surface area contributed by atoms with Crippen molar-refractivity contribution in [3.63, 3.8) is 0 Å². The summed E-state index contributed by atoms with van der Waals surface area (Å²) in [5.41, 5.74) is -0.422. The molecule has 0 heterocycles. The van der Waals surface area contributed by atoms with Crippen molar-refractivity contribution in [2.24, 2.45) is 0 Å². The molecule has 0 aromatic heterocycles. The van der Waals surface area contributed by atoms with Gasteiger partial charge in [0.2, 0.25) is 0 Å². The predicted octanol–water partition coefficient (Wildman–Crippen LogP) is 1.98. The Hall–Kier alpha value is -1.75. The molecule has 0 radical (unpaired) electrons. The summed E-state index contributed by atoms with van der Waals surface area (Å²) in [4.78, 5) is 12.1. The highest BCUT2D eigenvalue weighted by atomic mass is 16.5. The van der Waals surface area contributed by atoms with E-state index in [1.807, 2.05) is 13.8 Å². The van der Waals surface area contributed by atoms with Crippen molar-refractivity contribution in [2.75, 3.05) is 20.8 Å². The Balaban J connectivity index is 2.82. The Kier molecular flexibility index (Phi) is 5.82. The van der Waals surface area contributed by atoms with Crippen LogP contribution < -0.4 is 14.8 Å². The van der Waals surface area contributed by atoms with Crippen molar-refractivity contribution >= 4 is 5.91 Å². The number of hydrogen-bond donors (Lipinski definition) is 2. The second-order valence-corrected chi connectivity index (χ2v) is 4.72. The maximum absolute atomic E-state index is 12.1. The smallest absolute Gasteiger partial charge is 0.251 e. The van der Waals surface area contributed by atoms with Gasteiger partial charge in [0.05, 0.1) is 19.8 Å². The summed E-state index contributed by atoms with van der Waals surface area (Å²) in [6.07, 6.45) is 1.18. The van der Waals surface area contributed by atoms with E-state index in [2.05, 4.69) is 5.32 Å². The second kappa shape index (κ2) is 7.14. The average Bonchev–Trinajstić information content (AvgIpc) is 2.51. The molecule has 2 N–H and O–H groups in total. The fraction of sp³-hybridized carbons (Fsp3) is 0.533. The van der Waals surface area contributed by atoms with Crippen LogP contribution in [0.15, 0.2) is 18.2 Å². The summed E-state index contributed by atoms with van der Waals surface area (Å²) >= 11 is 0. The normalized spacial score (nSPS) is 11.1. The highest BCUT2D eigenvalue weighted by Crippen LogP contribution is 2.22. The largest absolute Gasteiger partial charge is 0.497 e. The third-order valence-electron chi connectivity index (χ3n) is 3.51. The van der Waals surface area contributed by atoms with Crippen molar-refractivity contribution in [1.82, 2.24) is 5.32 Å². The maximum atomic E-state index is 12.1. The number of amides is 1. The molecule has 1 aromatic rings. The lowest BCUT2D eigenvalue weighted by Gasteiger charge is -2.25. The summed E-state index contributed by atoms with van der Waals surface area (Å²) in [6.45, 7) is 4.01. The number of carbonyl (C=O) groups excluding carboxylic acids is 1. The molecule has 0 saturated heterocycles. The van der Waals surface area contributed by atoms with Crippen LogP contribution in [0, 0.1) is 0 Å². The zero-order valence-corrected chi connectivity index (χ0v) is 12.5. The molecule has 5 nitrogen and oxygen atoms in total. The van der Waals surface area contributed by atoms with Gasteiger partial charge in [0, 0.05) is 18.2 Å². The van der Waals surface area contributed by atoms with Crippen LogP contribution in [-0.2, 0) is 0 Å². The lowest BCUT2D eigenvalue weighted by molar-refractivity contribution is 0.0314. The lowest BCUT2D eigenvalue weighted by Crippen LogP contribution is -2.42. The molecule has 0 saturated carbocycles. The molecule has 1 aromatic carbocycles. The fourth-order valence-corrected chi connectivity index (χ4v) is 1.79. The molecular weight excluding hydrogens is 258 g/mol. The van der Waals surface area contributed by atoms with E-state index in [1.165, 1.54) is 14.2 Å². The van der Waals surface area contributed by atoms with E-state index in [-0.39, 0.29) is 12.5 Å². The van der Waals surface area contributed by atoms with Crippen LogP contribution >= 0.6 is 0 Å². The molecule has 0 atom stereocenters. The van der Waals surface area contributed by atoms with Gasteiger partial charge in [-0.05, 0) is 25.0 Å². The summed E-state index contributed by atoms with van der Waals surface area (Å²) in [5, 5.41) is 12.9. The fourth-order valence-electron chi connectivity index (χ4n) is 1.79. The Morgan fingerprint density at radius 2 is 1.65 bits per heavy atom. The number of rotatable bonds is 7. The minimum atomic E-state index is -0.862. The van der Waals surface area contributed by atoms with Gasteiger partial charge in [-0.25, -0.2) is 0 Å². The van der Waals surface area contributed by atoms with E-state index in [0.717, 1.165) is 0 Å². The van der Waals surface area contributed by atoms with Crippen molar-refractivity contribution in [2.45, 2.75) is 32.3 Å². The molecule has 0 aliphatic heterocycles. The Morgan fingerprint density at radius 1 is 1.15 bits per heavy atom. The van der Waals surface area contributed by atoms with E-state index in [4.69, 9.17) is 9.47 Å². The minimum absolute atomic E-state index is 0.221. The number of benzene rings is 1. The molecule has 1 rings (SSSR count). The number of carbonyl (C=O) groups is 1. The molecular formula is C15H23NO4. The molecule has 5 heteroatoms. The summed E-state index contributed by atoms with van der Waals surface area (Å²) in [5.74, 6) is 0.842. The summed E-state index contributed by atoms with van der Waals surface area (Å²) in [6, 6.07) is 4.97. The summed E-state index contributed by atoms with van der Waals surface area (Å²) in [7, 11) is 3.06.